The Morgan fingerprint density at radius 3 is 1.23 bits per heavy atom. The van der Waals surface area contributed by atoms with Crippen molar-refractivity contribution in [1.82, 2.24) is 9.97 Å². The van der Waals surface area contributed by atoms with E-state index >= 15 is 0 Å². The highest BCUT2D eigenvalue weighted by Gasteiger charge is 2.35. The van der Waals surface area contributed by atoms with E-state index in [2.05, 4.69) is 128 Å². The van der Waals surface area contributed by atoms with E-state index in [1.165, 1.54) is 112 Å². The zero-order valence-electron chi connectivity index (χ0n) is 30.3. The number of hydrogen-bond acceptors (Lipinski definition) is 2. The van der Waals surface area contributed by atoms with Gasteiger partial charge in [0, 0.05) is 45.3 Å². The largest absolute Gasteiger partial charge is 0.355 e. The van der Waals surface area contributed by atoms with Crippen LogP contribution < -0.4 is 0 Å². The van der Waals surface area contributed by atoms with Gasteiger partial charge in [0.2, 0.25) is 0 Å². The Hall–Kier alpha value is -4.70. The van der Waals surface area contributed by atoms with E-state index in [-0.39, 0.29) is 0 Å². The molecule has 4 aromatic rings. The lowest BCUT2D eigenvalue weighted by molar-refractivity contribution is 1.11. The number of allylic oxidation sites excluding steroid dienone is 4. The quantitative estimate of drug-likeness (QED) is 0.212. The van der Waals surface area contributed by atoms with Crippen molar-refractivity contribution in [2.75, 3.05) is 0 Å². The summed E-state index contributed by atoms with van der Waals surface area (Å²) in [5.41, 5.74) is 27.4. The smallest absolute Gasteiger partial charge is 0.0690 e. The Kier molecular flexibility index (Phi) is 8.02. The minimum absolute atomic E-state index is 0.920. The van der Waals surface area contributed by atoms with Crippen molar-refractivity contribution in [3.8, 4) is 22.5 Å². The molecule has 4 heterocycles. The lowest BCUT2D eigenvalue weighted by Gasteiger charge is -2.18. The van der Waals surface area contributed by atoms with Crippen LogP contribution in [0.3, 0.4) is 0 Å². The highest BCUT2D eigenvalue weighted by Crippen LogP contribution is 2.44. The van der Waals surface area contributed by atoms with Crippen LogP contribution in [0.4, 0.5) is 0 Å². The van der Waals surface area contributed by atoms with Crippen molar-refractivity contribution in [3.63, 3.8) is 0 Å². The number of benzene rings is 2. The summed E-state index contributed by atoms with van der Waals surface area (Å²) in [7, 11) is 0. The molecule has 0 radical (unpaired) electrons. The number of H-pyrrole nitrogens is 2. The molecule has 1 fully saturated rings. The maximum Gasteiger partial charge on any atom is 0.0690 e. The minimum Gasteiger partial charge on any atom is -0.355 e. The molecular weight excluding hydrogens is 585 g/mol. The van der Waals surface area contributed by atoms with Gasteiger partial charge in [-0.3, -0.25) is 9.98 Å². The topological polar surface area (TPSA) is 56.3 Å². The lowest BCUT2D eigenvalue weighted by atomic mass is 9.83. The van der Waals surface area contributed by atoms with E-state index in [0.717, 1.165) is 37.1 Å². The predicted molar refractivity (Wildman–Crippen MR) is 205 cm³/mol. The molecule has 0 unspecified atom stereocenters. The van der Waals surface area contributed by atoms with Crippen LogP contribution in [0.2, 0.25) is 0 Å². The maximum absolute atomic E-state index is 5.26. The fraction of sp³-hybridized carbons (Fsp3) is 0.318. The number of fused-ring (bicyclic) bond motifs is 3. The van der Waals surface area contributed by atoms with Crippen molar-refractivity contribution >= 4 is 23.6 Å². The summed E-state index contributed by atoms with van der Waals surface area (Å²) in [4.78, 5) is 18.1. The SMILES string of the molecule is CCc1c(/C=C2\N=C3CCC4=N/C(=C\c5[nH]c(-c6cc(C)cc(C)c6)c(C)c5CC)C(C)=C4C3=C2C)[nH]c(-c2cc(C)cc(C)c2)c1C. The molecular formula is C44H48N4. The first-order valence-corrected chi connectivity index (χ1v) is 17.6. The molecule has 0 saturated heterocycles. The number of rotatable bonds is 6. The third-order valence-electron chi connectivity index (χ3n) is 10.6. The van der Waals surface area contributed by atoms with E-state index in [9.17, 15) is 0 Å². The number of aryl methyl sites for hydroxylation is 4. The van der Waals surface area contributed by atoms with Gasteiger partial charge in [-0.15, -0.1) is 0 Å². The van der Waals surface area contributed by atoms with E-state index < -0.39 is 0 Å². The Morgan fingerprint density at radius 1 is 0.542 bits per heavy atom. The van der Waals surface area contributed by atoms with Crippen molar-refractivity contribution < 1.29 is 0 Å². The number of hydrogen-bond donors (Lipinski definition) is 2. The Bertz CT molecular complexity index is 2010. The van der Waals surface area contributed by atoms with E-state index in [0.29, 0.717) is 0 Å². The number of aromatic nitrogens is 2. The molecule has 2 aromatic carbocycles. The van der Waals surface area contributed by atoms with Crippen LogP contribution in [-0.2, 0) is 12.8 Å². The van der Waals surface area contributed by atoms with Crippen molar-refractivity contribution in [3.05, 3.63) is 126 Å². The molecule has 2 N–H and O–H groups in total. The third-order valence-corrected chi connectivity index (χ3v) is 10.6. The van der Waals surface area contributed by atoms with Gasteiger partial charge in [0.05, 0.1) is 11.4 Å². The normalized spacial score (nSPS) is 17.5. The molecule has 244 valence electrons. The molecule has 0 atom stereocenters. The van der Waals surface area contributed by atoms with Gasteiger partial charge in [-0.25, -0.2) is 0 Å². The molecule has 0 bridgehead atoms. The molecule has 48 heavy (non-hydrogen) atoms. The number of aromatic amines is 2. The summed E-state index contributed by atoms with van der Waals surface area (Å²) in [6.07, 6.45) is 8.35. The Balaban J connectivity index is 1.28. The van der Waals surface area contributed by atoms with Crippen LogP contribution in [0.25, 0.3) is 34.7 Å². The maximum atomic E-state index is 5.26. The molecule has 0 spiro atoms. The molecule has 2 aromatic heterocycles. The van der Waals surface area contributed by atoms with Gasteiger partial charge in [0.15, 0.2) is 0 Å². The van der Waals surface area contributed by atoms with Crippen LogP contribution in [0.5, 0.6) is 0 Å². The van der Waals surface area contributed by atoms with Gasteiger partial charge < -0.3 is 9.97 Å². The standard InChI is InChI=1S/C44H48N4/c1-11-33-27(7)43(31-17-23(3)15-24(4)18-31)47-39(33)21-37-29(9)41-35(45-37)13-14-36-42(41)30(10)38(46-36)22-40-34(12-2)28(8)44(48-40)32-19-25(5)16-26(6)20-32/h15-22,47-48H,11-14H2,1-10H3/b37-21-,38-22-. The first-order chi connectivity index (χ1) is 23.0. The number of nitrogens with zero attached hydrogens (tertiary/aromatic N) is 2. The second-order valence-electron chi connectivity index (χ2n) is 14.2. The Labute approximate surface area is 286 Å². The first-order valence-electron chi connectivity index (χ1n) is 17.6. The van der Waals surface area contributed by atoms with Crippen LogP contribution in [0.15, 0.2) is 80.1 Å². The van der Waals surface area contributed by atoms with Gasteiger partial charge in [0.25, 0.3) is 0 Å². The summed E-state index contributed by atoms with van der Waals surface area (Å²) in [5, 5.41) is 0. The molecule has 4 nitrogen and oxygen atoms in total. The van der Waals surface area contributed by atoms with Gasteiger partial charge in [-0.05, 0) is 162 Å². The average Bonchev–Trinajstić information content (AvgIpc) is 3.73. The molecule has 0 amide bonds. The van der Waals surface area contributed by atoms with Gasteiger partial charge in [-0.1, -0.05) is 48.2 Å². The average molecular weight is 633 g/mol. The van der Waals surface area contributed by atoms with Gasteiger partial charge in [0.1, 0.15) is 0 Å². The molecule has 1 saturated carbocycles. The fourth-order valence-electron chi connectivity index (χ4n) is 8.36. The second-order valence-corrected chi connectivity index (χ2v) is 14.2. The second kappa shape index (κ2) is 12.1. The lowest BCUT2D eigenvalue weighted by Crippen LogP contribution is -2.18. The molecule has 1 aliphatic carbocycles. The van der Waals surface area contributed by atoms with E-state index in [1.54, 1.807) is 0 Å². The van der Waals surface area contributed by atoms with Crippen molar-refractivity contribution in [1.29, 1.82) is 0 Å². The van der Waals surface area contributed by atoms with E-state index in [4.69, 9.17) is 9.98 Å². The van der Waals surface area contributed by atoms with Gasteiger partial charge >= 0.3 is 0 Å². The Morgan fingerprint density at radius 2 is 0.896 bits per heavy atom. The molecule has 7 rings (SSSR count). The van der Waals surface area contributed by atoms with E-state index in [1.807, 2.05) is 0 Å². The zero-order valence-corrected chi connectivity index (χ0v) is 30.3. The van der Waals surface area contributed by atoms with Crippen LogP contribution in [0, 0.1) is 41.5 Å². The number of aliphatic imine (C=N–C) groups is 2. The fourth-order valence-corrected chi connectivity index (χ4v) is 8.36. The minimum atomic E-state index is 0.920. The van der Waals surface area contributed by atoms with Crippen LogP contribution >= 0.6 is 0 Å². The highest BCUT2D eigenvalue weighted by molar-refractivity contribution is 6.25. The highest BCUT2D eigenvalue weighted by atomic mass is 14.9. The molecule has 4 heteroatoms. The summed E-state index contributed by atoms with van der Waals surface area (Å²) in [6, 6.07) is 13.6. The van der Waals surface area contributed by atoms with Crippen LogP contribution in [0.1, 0.15) is 96.4 Å². The van der Waals surface area contributed by atoms with Gasteiger partial charge in [-0.2, -0.15) is 0 Å². The van der Waals surface area contributed by atoms with Crippen molar-refractivity contribution in [2.45, 2.75) is 94.9 Å². The monoisotopic (exact) mass is 632 g/mol. The molecule has 2 aliphatic heterocycles. The summed E-state index contributed by atoms with van der Waals surface area (Å²) < 4.78 is 0. The molecule has 3 aliphatic rings. The van der Waals surface area contributed by atoms with Crippen LogP contribution in [-0.4, -0.2) is 21.4 Å². The first kappa shape index (κ1) is 31.9. The summed E-state index contributed by atoms with van der Waals surface area (Å²) in [5.74, 6) is 0. The third kappa shape index (κ3) is 5.32. The predicted octanol–water partition coefficient (Wildman–Crippen LogP) is 11.4. The summed E-state index contributed by atoms with van der Waals surface area (Å²) in [6.45, 7) is 22.2. The zero-order chi connectivity index (χ0) is 34.0. The van der Waals surface area contributed by atoms with Crippen molar-refractivity contribution in [2.24, 2.45) is 9.98 Å². The number of nitrogens with one attached hydrogen (secondary N) is 2. The summed E-state index contributed by atoms with van der Waals surface area (Å²) >= 11 is 0.